The average molecular weight is 193 g/mol. The lowest BCUT2D eigenvalue weighted by Crippen LogP contribution is -2.04. The predicted octanol–water partition coefficient (Wildman–Crippen LogP) is 2.08. The summed E-state index contributed by atoms with van der Waals surface area (Å²) in [6, 6.07) is 5.94. The van der Waals surface area contributed by atoms with Gasteiger partial charge in [0.25, 0.3) is 0 Å². The van der Waals surface area contributed by atoms with E-state index in [1.54, 1.807) is 37.3 Å². The largest absolute Gasteiger partial charge is 0.383 e. The Balaban J connectivity index is 2.85. The molecule has 0 N–H and O–H groups in total. The first kappa shape index (κ1) is 10.4. The van der Waals surface area contributed by atoms with Crippen molar-refractivity contribution in [2.45, 2.75) is 0 Å². The van der Waals surface area contributed by atoms with Crippen LogP contribution in [0.4, 0.5) is 4.39 Å². The van der Waals surface area contributed by atoms with Crippen molar-refractivity contribution in [3.63, 3.8) is 0 Å². The summed E-state index contributed by atoms with van der Waals surface area (Å²) in [5, 5.41) is 0. The minimum atomic E-state index is -0.485. The molecule has 0 unspecified atom stereocenters. The number of rotatable bonds is 3. The number of carbonyl (C=O) groups is 1. The fraction of sp³-hybridized carbons (Fsp3) is 0.182. The van der Waals surface area contributed by atoms with Gasteiger partial charge in [0.1, 0.15) is 5.82 Å². The van der Waals surface area contributed by atoms with Gasteiger partial charge in [0, 0.05) is 26.4 Å². The fourth-order valence-corrected chi connectivity index (χ4v) is 0.968. The Kier molecular flexibility index (Phi) is 3.40. The average Bonchev–Trinajstić information content (AvgIpc) is 2.15. The molecule has 0 aliphatic rings. The Labute approximate surface area is 82.7 Å². The molecule has 0 fully saturated rings. The van der Waals surface area contributed by atoms with Crippen molar-refractivity contribution < 1.29 is 9.18 Å². The highest BCUT2D eigenvalue weighted by molar-refractivity contribution is 6.04. The third-order valence-electron chi connectivity index (χ3n) is 1.66. The molecule has 0 radical (unpaired) electrons. The zero-order valence-corrected chi connectivity index (χ0v) is 8.20. The third-order valence-corrected chi connectivity index (χ3v) is 1.66. The first-order valence-electron chi connectivity index (χ1n) is 4.25. The lowest BCUT2D eigenvalue weighted by atomic mass is 10.1. The van der Waals surface area contributed by atoms with E-state index in [9.17, 15) is 9.18 Å². The molecule has 0 saturated carbocycles. The van der Waals surface area contributed by atoms with Gasteiger partial charge in [-0.2, -0.15) is 0 Å². The third kappa shape index (κ3) is 2.69. The van der Waals surface area contributed by atoms with E-state index < -0.39 is 5.82 Å². The summed E-state index contributed by atoms with van der Waals surface area (Å²) in [4.78, 5) is 13.1. The second-order valence-corrected chi connectivity index (χ2v) is 3.12. The van der Waals surface area contributed by atoms with Gasteiger partial charge in [-0.1, -0.05) is 12.1 Å². The van der Waals surface area contributed by atoms with Crippen LogP contribution in [-0.4, -0.2) is 24.8 Å². The molecule has 2 nitrogen and oxygen atoms in total. The number of allylic oxidation sites excluding steroid dienone is 1. The molecule has 14 heavy (non-hydrogen) atoms. The number of ketones is 1. The maximum absolute atomic E-state index is 13.1. The van der Waals surface area contributed by atoms with Gasteiger partial charge < -0.3 is 4.90 Å². The van der Waals surface area contributed by atoms with Crippen LogP contribution >= 0.6 is 0 Å². The lowest BCUT2D eigenvalue weighted by Gasteiger charge is -2.03. The monoisotopic (exact) mass is 193 g/mol. The quantitative estimate of drug-likeness (QED) is 0.541. The Hall–Kier alpha value is -1.64. The SMILES string of the molecule is CN(C)C=CC(=O)c1ccccc1F. The van der Waals surface area contributed by atoms with E-state index in [2.05, 4.69) is 0 Å². The van der Waals surface area contributed by atoms with Gasteiger partial charge in [-0.15, -0.1) is 0 Å². The first-order chi connectivity index (χ1) is 6.61. The van der Waals surface area contributed by atoms with E-state index in [1.807, 2.05) is 0 Å². The van der Waals surface area contributed by atoms with E-state index in [-0.39, 0.29) is 11.3 Å². The molecule has 1 rings (SSSR count). The number of halogens is 1. The summed E-state index contributed by atoms with van der Waals surface area (Å²) in [7, 11) is 3.59. The molecule has 1 aromatic rings. The summed E-state index contributed by atoms with van der Waals surface area (Å²) in [5.41, 5.74) is 0.102. The maximum atomic E-state index is 13.1. The van der Waals surface area contributed by atoms with Crippen molar-refractivity contribution >= 4 is 5.78 Å². The number of hydrogen-bond acceptors (Lipinski definition) is 2. The summed E-state index contributed by atoms with van der Waals surface area (Å²) >= 11 is 0. The predicted molar refractivity (Wildman–Crippen MR) is 53.6 cm³/mol. The maximum Gasteiger partial charge on any atom is 0.190 e. The van der Waals surface area contributed by atoms with Crippen LogP contribution in [0.3, 0.4) is 0 Å². The first-order valence-corrected chi connectivity index (χ1v) is 4.25. The van der Waals surface area contributed by atoms with Gasteiger partial charge in [-0.25, -0.2) is 4.39 Å². The molecular weight excluding hydrogens is 181 g/mol. The molecular formula is C11H12FNO. The normalized spacial score (nSPS) is 10.5. The topological polar surface area (TPSA) is 20.3 Å². The zero-order chi connectivity index (χ0) is 10.6. The van der Waals surface area contributed by atoms with Crippen molar-refractivity contribution in [1.82, 2.24) is 4.90 Å². The lowest BCUT2D eigenvalue weighted by molar-refractivity contribution is 0.104. The smallest absolute Gasteiger partial charge is 0.190 e. The van der Waals surface area contributed by atoms with Crippen LogP contribution in [0, 0.1) is 5.82 Å². The van der Waals surface area contributed by atoms with Crippen molar-refractivity contribution in [2.75, 3.05) is 14.1 Å². The summed E-state index contributed by atoms with van der Waals surface area (Å²) in [6.07, 6.45) is 2.94. The molecule has 0 heterocycles. The number of hydrogen-bond donors (Lipinski definition) is 0. The van der Waals surface area contributed by atoms with Crippen LogP contribution in [-0.2, 0) is 0 Å². The Bertz CT molecular complexity index is 358. The van der Waals surface area contributed by atoms with E-state index >= 15 is 0 Å². The standard InChI is InChI=1S/C11H12FNO/c1-13(2)8-7-11(14)9-5-3-4-6-10(9)12/h3-8H,1-2H3. The van der Waals surface area contributed by atoms with Crippen molar-refractivity contribution in [3.8, 4) is 0 Å². The van der Waals surface area contributed by atoms with Gasteiger partial charge in [-0.05, 0) is 12.1 Å². The minimum Gasteiger partial charge on any atom is -0.383 e. The number of benzene rings is 1. The molecule has 0 aromatic heterocycles. The van der Waals surface area contributed by atoms with Crippen LogP contribution in [0.25, 0.3) is 0 Å². The van der Waals surface area contributed by atoms with E-state index in [0.717, 1.165) is 0 Å². The Morgan fingerprint density at radius 1 is 1.36 bits per heavy atom. The zero-order valence-electron chi connectivity index (χ0n) is 8.20. The molecule has 0 bridgehead atoms. The molecule has 0 atom stereocenters. The molecule has 0 aliphatic carbocycles. The van der Waals surface area contributed by atoms with Crippen molar-refractivity contribution in [2.24, 2.45) is 0 Å². The summed E-state index contributed by atoms with van der Waals surface area (Å²) < 4.78 is 13.1. The van der Waals surface area contributed by atoms with Gasteiger partial charge in [0.05, 0.1) is 5.56 Å². The van der Waals surface area contributed by atoms with E-state index in [0.29, 0.717) is 0 Å². The summed E-state index contributed by atoms with van der Waals surface area (Å²) in [5.74, 6) is -0.808. The van der Waals surface area contributed by atoms with Crippen molar-refractivity contribution in [1.29, 1.82) is 0 Å². The van der Waals surface area contributed by atoms with Gasteiger partial charge in [0.15, 0.2) is 5.78 Å². The van der Waals surface area contributed by atoms with Crippen LogP contribution in [0.5, 0.6) is 0 Å². The second-order valence-electron chi connectivity index (χ2n) is 3.12. The van der Waals surface area contributed by atoms with Crippen LogP contribution in [0.15, 0.2) is 36.5 Å². The fourth-order valence-electron chi connectivity index (χ4n) is 0.968. The Morgan fingerprint density at radius 3 is 2.57 bits per heavy atom. The Morgan fingerprint density at radius 2 is 2.00 bits per heavy atom. The van der Waals surface area contributed by atoms with Gasteiger partial charge >= 0.3 is 0 Å². The summed E-state index contributed by atoms with van der Waals surface area (Å²) in [6.45, 7) is 0. The minimum absolute atomic E-state index is 0.102. The highest BCUT2D eigenvalue weighted by Crippen LogP contribution is 2.07. The van der Waals surface area contributed by atoms with Gasteiger partial charge in [-0.3, -0.25) is 4.79 Å². The van der Waals surface area contributed by atoms with Gasteiger partial charge in [0.2, 0.25) is 0 Å². The van der Waals surface area contributed by atoms with Crippen LogP contribution in [0.1, 0.15) is 10.4 Å². The van der Waals surface area contributed by atoms with Crippen LogP contribution < -0.4 is 0 Å². The number of carbonyl (C=O) groups excluding carboxylic acids is 1. The molecule has 74 valence electrons. The highest BCUT2D eigenvalue weighted by atomic mass is 19.1. The molecule has 0 amide bonds. The molecule has 0 spiro atoms. The molecule has 0 aliphatic heterocycles. The highest BCUT2D eigenvalue weighted by Gasteiger charge is 2.06. The molecule has 3 heteroatoms. The molecule has 1 aromatic carbocycles. The van der Waals surface area contributed by atoms with E-state index in [4.69, 9.17) is 0 Å². The van der Waals surface area contributed by atoms with Crippen molar-refractivity contribution in [3.05, 3.63) is 47.9 Å². The van der Waals surface area contributed by atoms with Crippen LogP contribution in [0.2, 0.25) is 0 Å². The number of nitrogens with zero attached hydrogens (tertiary/aromatic N) is 1. The second kappa shape index (κ2) is 4.56. The van der Waals surface area contributed by atoms with E-state index in [1.165, 1.54) is 18.2 Å². The molecule has 0 saturated heterocycles.